The third kappa shape index (κ3) is 2.17. The zero-order valence-electron chi connectivity index (χ0n) is 7.42. The van der Waals surface area contributed by atoms with Gasteiger partial charge in [0.2, 0.25) is 0 Å². The van der Waals surface area contributed by atoms with Gasteiger partial charge in [0.1, 0.15) is 0 Å². The second kappa shape index (κ2) is 4.07. The van der Waals surface area contributed by atoms with Crippen LogP contribution in [0.2, 0.25) is 0 Å². The average Bonchev–Trinajstić information content (AvgIpc) is 2.04. The molecule has 1 aliphatic rings. The van der Waals surface area contributed by atoms with Gasteiger partial charge in [0, 0.05) is 19.1 Å². The number of rotatable bonds is 2. The first-order valence-corrected chi connectivity index (χ1v) is 4.48. The Morgan fingerprint density at radius 1 is 1.55 bits per heavy atom. The van der Waals surface area contributed by atoms with Crippen LogP contribution in [0.1, 0.15) is 26.7 Å². The summed E-state index contributed by atoms with van der Waals surface area (Å²) in [6.45, 7) is 5.46. The maximum Gasteiger partial charge on any atom is 0.0648 e. The van der Waals surface area contributed by atoms with Gasteiger partial charge in [0.25, 0.3) is 0 Å². The Balaban J connectivity index is 2.44. The van der Waals surface area contributed by atoms with Crippen LogP contribution in [0.3, 0.4) is 0 Å². The lowest BCUT2D eigenvalue weighted by molar-refractivity contribution is -0.0671. The predicted molar refractivity (Wildman–Crippen MR) is 44.4 cm³/mol. The summed E-state index contributed by atoms with van der Waals surface area (Å²) in [5.74, 6) is 0.913. The molecule has 0 bridgehead atoms. The molecule has 2 atom stereocenters. The van der Waals surface area contributed by atoms with E-state index in [2.05, 4.69) is 13.8 Å². The number of aliphatic hydroxyl groups excluding tert-OH is 1. The minimum Gasteiger partial charge on any atom is -0.396 e. The monoisotopic (exact) mass is 158 g/mol. The van der Waals surface area contributed by atoms with E-state index in [4.69, 9.17) is 9.84 Å². The van der Waals surface area contributed by atoms with Crippen molar-refractivity contribution in [3.05, 3.63) is 0 Å². The van der Waals surface area contributed by atoms with Crippen molar-refractivity contribution < 1.29 is 9.84 Å². The first-order valence-electron chi connectivity index (χ1n) is 4.48. The van der Waals surface area contributed by atoms with Crippen molar-refractivity contribution in [1.82, 2.24) is 0 Å². The fraction of sp³-hybridized carbons (Fsp3) is 1.00. The smallest absolute Gasteiger partial charge is 0.0648 e. The van der Waals surface area contributed by atoms with E-state index >= 15 is 0 Å². The van der Waals surface area contributed by atoms with E-state index in [9.17, 15) is 0 Å². The highest BCUT2D eigenvalue weighted by Crippen LogP contribution is 2.25. The largest absolute Gasteiger partial charge is 0.396 e. The highest BCUT2D eigenvalue weighted by Gasteiger charge is 2.27. The number of hydrogen-bond donors (Lipinski definition) is 1. The summed E-state index contributed by atoms with van der Waals surface area (Å²) in [4.78, 5) is 0. The molecule has 0 aromatic carbocycles. The van der Waals surface area contributed by atoms with Crippen molar-refractivity contribution in [2.75, 3.05) is 13.2 Å². The molecule has 0 unspecified atom stereocenters. The van der Waals surface area contributed by atoms with Gasteiger partial charge in [-0.25, -0.2) is 0 Å². The maximum atomic E-state index is 9.03. The van der Waals surface area contributed by atoms with Crippen molar-refractivity contribution >= 4 is 0 Å². The molecule has 2 nitrogen and oxygen atoms in total. The minimum absolute atomic E-state index is 0.281. The van der Waals surface area contributed by atoms with E-state index in [1.807, 2.05) is 0 Å². The summed E-state index contributed by atoms with van der Waals surface area (Å²) in [5.41, 5.74) is 0. The normalized spacial score (nSPS) is 32.7. The molecule has 1 aliphatic heterocycles. The van der Waals surface area contributed by atoms with Crippen LogP contribution in [-0.4, -0.2) is 24.4 Å². The van der Waals surface area contributed by atoms with Crippen molar-refractivity contribution in [1.29, 1.82) is 0 Å². The van der Waals surface area contributed by atoms with E-state index in [0.717, 1.165) is 19.4 Å². The van der Waals surface area contributed by atoms with Crippen LogP contribution in [0.4, 0.5) is 0 Å². The second-order valence-electron chi connectivity index (χ2n) is 3.66. The van der Waals surface area contributed by atoms with E-state index in [1.54, 1.807) is 0 Å². The van der Waals surface area contributed by atoms with Crippen molar-refractivity contribution in [2.24, 2.45) is 11.8 Å². The Kier molecular flexibility index (Phi) is 3.34. The Labute approximate surface area is 68.6 Å². The van der Waals surface area contributed by atoms with Gasteiger partial charge in [-0.2, -0.15) is 0 Å². The van der Waals surface area contributed by atoms with E-state index < -0.39 is 0 Å². The van der Waals surface area contributed by atoms with Gasteiger partial charge < -0.3 is 9.84 Å². The molecule has 0 aromatic heterocycles. The highest BCUT2D eigenvalue weighted by molar-refractivity contribution is 4.76. The van der Waals surface area contributed by atoms with Crippen LogP contribution in [0, 0.1) is 11.8 Å². The molecule has 1 rings (SSSR count). The lowest BCUT2D eigenvalue weighted by Crippen LogP contribution is -2.35. The predicted octanol–water partition coefficient (Wildman–Crippen LogP) is 1.43. The molecule has 0 aliphatic carbocycles. The number of aliphatic hydroxyl groups is 1. The average molecular weight is 158 g/mol. The van der Waals surface area contributed by atoms with Crippen LogP contribution in [0.15, 0.2) is 0 Å². The van der Waals surface area contributed by atoms with Crippen LogP contribution < -0.4 is 0 Å². The van der Waals surface area contributed by atoms with Crippen LogP contribution >= 0.6 is 0 Å². The Morgan fingerprint density at radius 3 is 2.73 bits per heavy atom. The lowest BCUT2D eigenvalue weighted by atomic mass is 9.88. The van der Waals surface area contributed by atoms with E-state index in [-0.39, 0.29) is 12.7 Å². The Bertz CT molecular complexity index is 112. The van der Waals surface area contributed by atoms with Gasteiger partial charge >= 0.3 is 0 Å². The fourth-order valence-electron chi connectivity index (χ4n) is 1.80. The van der Waals surface area contributed by atoms with Gasteiger partial charge in [0.05, 0.1) is 6.10 Å². The molecule has 0 aromatic rings. The first kappa shape index (κ1) is 9.01. The van der Waals surface area contributed by atoms with E-state index in [1.165, 1.54) is 0 Å². The van der Waals surface area contributed by atoms with E-state index in [0.29, 0.717) is 11.8 Å². The van der Waals surface area contributed by atoms with Crippen molar-refractivity contribution in [2.45, 2.75) is 32.8 Å². The van der Waals surface area contributed by atoms with Gasteiger partial charge in [-0.15, -0.1) is 0 Å². The fourth-order valence-corrected chi connectivity index (χ4v) is 1.80. The summed E-state index contributed by atoms with van der Waals surface area (Å²) >= 11 is 0. The molecule has 11 heavy (non-hydrogen) atoms. The summed E-state index contributed by atoms with van der Waals surface area (Å²) < 4.78 is 5.58. The van der Waals surface area contributed by atoms with Gasteiger partial charge in [-0.1, -0.05) is 13.8 Å². The first-order chi connectivity index (χ1) is 5.25. The Morgan fingerprint density at radius 2 is 2.27 bits per heavy atom. The lowest BCUT2D eigenvalue weighted by Gasteiger charge is -2.33. The van der Waals surface area contributed by atoms with Gasteiger partial charge in [0.15, 0.2) is 0 Å². The molecule has 2 heteroatoms. The molecule has 1 heterocycles. The summed E-state index contributed by atoms with van der Waals surface area (Å²) in [7, 11) is 0. The molecule has 0 radical (unpaired) electrons. The highest BCUT2D eigenvalue weighted by atomic mass is 16.5. The molecule has 0 amide bonds. The van der Waals surface area contributed by atoms with Crippen LogP contribution in [0.5, 0.6) is 0 Å². The van der Waals surface area contributed by atoms with Gasteiger partial charge in [-0.3, -0.25) is 0 Å². The number of ether oxygens (including phenoxy) is 1. The Hall–Kier alpha value is -0.0800. The molecule has 0 spiro atoms. The topological polar surface area (TPSA) is 29.5 Å². The standard InChI is InChI=1S/C9H18O2/c1-7(2)9-8(6-10)4-3-5-11-9/h7-10H,3-6H2,1-2H3/t8-,9+/m0/s1. The summed E-state index contributed by atoms with van der Waals surface area (Å²) in [6, 6.07) is 0. The molecular formula is C9H18O2. The zero-order valence-corrected chi connectivity index (χ0v) is 7.42. The second-order valence-corrected chi connectivity index (χ2v) is 3.66. The molecule has 0 saturated carbocycles. The molecule has 1 N–H and O–H groups in total. The number of hydrogen-bond acceptors (Lipinski definition) is 2. The molecule has 1 saturated heterocycles. The van der Waals surface area contributed by atoms with Gasteiger partial charge in [-0.05, 0) is 18.8 Å². The molecule has 1 fully saturated rings. The third-order valence-electron chi connectivity index (χ3n) is 2.39. The minimum atomic E-state index is 0.281. The van der Waals surface area contributed by atoms with Crippen LogP contribution in [0.25, 0.3) is 0 Å². The van der Waals surface area contributed by atoms with Crippen LogP contribution in [-0.2, 0) is 4.74 Å². The SMILES string of the molecule is CC(C)[C@H]1OCCC[C@H]1CO. The summed E-state index contributed by atoms with van der Waals surface area (Å²) in [6.07, 6.45) is 2.52. The van der Waals surface area contributed by atoms with Crippen molar-refractivity contribution in [3.8, 4) is 0 Å². The summed E-state index contributed by atoms with van der Waals surface area (Å²) in [5, 5.41) is 9.03. The van der Waals surface area contributed by atoms with Crippen molar-refractivity contribution in [3.63, 3.8) is 0 Å². The third-order valence-corrected chi connectivity index (χ3v) is 2.39. The molecule has 66 valence electrons. The maximum absolute atomic E-state index is 9.03. The molecular weight excluding hydrogens is 140 g/mol. The quantitative estimate of drug-likeness (QED) is 0.658. The zero-order chi connectivity index (χ0) is 8.27.